The van der Waals surface area contributed by atoms with Gasteiger partial charge in [-0.15, -0.1) is 0 Å². The number of carbonyl (C=O) groups excluding carboxylic acids is 1. The Morgan fingerprint density at radius 1 is 1.05 bits per heavy atom. The summed E-state index contributed by atoms with van der Waals surface area (Å²) in [6.07, 6.45) is 11.1. The lowest BCUT2D eigenvalue weighted by Crippen LogP contribution is -2.61. The molecule has 2 amide bonds. The van der Waals surface area contributed by atoms with Crippen LogP contribution in [0.3, 0.4) is 0 Å². The lowest BCUT2D eigenvalue weighted by molar-refractivity contribution is -0.0135. The fourth-order valence-electron chi connectivity index (χ4n) is 5.27. The lowest BCUT2D eigenvalue weighted by atomic mass is 9.53. The first-order valence-corrected chi connectivity index (χ1v) is 9.33. The number of urea groups is 1. The maximum atomic E-state index is 12.2. The van der Waals surface area contributed by atoms with Crippen LogP contribution in [-0.2, 0) is 4.74 Å². The average Bonchev–Trinajstić information content (AvgIpc) is 2.44. The van der Waals surface area contributed by atoms with Crippen LogP contribution in [0.1, 0.15) is 64.7 Å². The Morgan fingerprint density at radius 3 is 2.23 bits per heavy atom. The van der Waals surface area contributed by atoms with Crippen LogP contribution >= 0.6 is 0 Å². The number of hydrogen-bond donors (Lipinski definition) is 2. The van der Waals surface area contributed by atoms with E-state index < -0.39 is 0 Å². The fourth-order valence-corrected chi connectivity index (χ4v) is 5.27. The number of hydrogen-bond acceptors (Lipinski definition) is 2. The van der Waals surface area contributed by atoms with Gasteiger partial charge in [0.15, 0.2) is 0 Å². The molecule has 0 aliphatic heterocycles. The maximum Gasteiger partial charge on any atom is 0.315 e. The molecular formula is C18H32N2O2. The lowest BCUT2D eigenvalue weighted by Gasteiger charge is -2.56. The molecule has 0 atom stereocenters. The summed E-state index contributed by atoms with van der Waals surface area (Å²) in [5.74, 6) is 2.62. The monoisotopic (exact) mass is 308 g/mol. The minimum absolute atomic E-state index is 0.0375. The van der Waals surface area contributed by atoms with Crippen LogP contribution in [0.4, 0.5) is 4.79 Å². The molecule has 4 heteroatoms. The Labute approximate surface area is 134 Å². The van der Waals surface area contributed by atoms with Gasteiger partial charge in [0.25, 0.3) is 0 Å². The summed E-state index contributed by atoms with van der Waals surface area (Å²) in [7, 11) is 0. The van der Waals surface area contributed by atoms with E-state index in [0.29, 0.717) is 6.54 Å². The Balaban J connectivity index is 1.34. The number of rotatable bonds is 8. The van der Waals surface area contributed by atoms with Gasteiger partial charge in [-0.2, -0.15) is 0 Å². The number of carbonyl (C=O) groups is 1. The molecule has 2 N–H and O–H groups in total. The number of amides is 2. The van der Waals surface area contributed by atoms with Gasteiger partial charge in [-0.1, -0.05) is 13.3 Å². The molecule has 0 radical (unpaired) electrons. The Bertz CT molecular complexity index is 348. The van der Waals surface area contributed by atoms with E-state index in [1.807, 2.05) is 0 Å². The summed E-state index contributed by atoms with van der Waals surface area (Å²) in [6.45, 7) is 4.47. The van der Waals surface area contributed by atoms with Gasteiger partial charge in [-0.05, 0) is 69.1 Å². The SMILES string of the molecule is CCCCOCCCNC(=O)NC12CC3CC(CC(C3)C1)C2. The zero-order valence-electron chi connectivity index (χ0n) is 14.0. The Kier molecular flexibility index (Phi) is 5.27. The molecule has 126 valence electrons. The molecule has 0 unspecified atom stereocenters. The van der Waals surface area contributed by atoms with Crippen molar-refractivity contribution >= 4 is 6.03 Å². The molecule has 4 rings (SSSR count). The molecule has 4 aliphatic rings. The molecule has 0 heterocycles. The van der Waals surface area contributed by atoms with Gasteiger partial charge in [0.2, 0.25) is 0 Å². The van der Waals surface area contributed by atoms with Gasteiger partial charge in [-0.3, -0.25) is 0 Å². The average molecular weight is 308 g/mol. The van der Waals surface area contributed by atoms with Crippen molar-refractivity contribution in [2.75, 3.05) is 19.8 Å². The van der Waals surface area contributed by atoms with Crippen LogP contribution in [0.2, 0.25) is 0 Å². The number of ether oxygens (including phenoxy) is 1. The standard InChI is InChI=1S/C18H32N2O2/c1-2-3-6-22-7-4-5-19-17(21)20-18-11-14-8-15(12-18)10-16(9-14)13-18/h14-16H,2-13H2,1H3,(H2,19,20,21). The van der Waals surface area contributed by atoms with Gasteiger partial charge in [0.1, 0.15) is 0 Å². The van der Waals surface area contributed by atoms with Crippen molar-refractivity contribution in [3.8, 4) is 0 Å². The van der Waals surface area contributed by atoms with E-state index in [2.05, 4.69) is 17.6 Å². The maximum absolute atomic E-state index is 12.2. The first-order chi connectivity index (χ1) is 10.7. The highest BCUT2D eigenvalue weighted by Gasteiger charge is 2.51. The Morgan fingerprint density at radius 2 is 1.64 bits per heavy atom. The minimum Gasteiger partial charge on any atom is -0.381 e. The van der Waals surface area contributed by atoms with E-state index in [4.69, 9.17) is 4.74 Å². The summed E-state index contributed by atoms with van der Waals surface area (Å²) < 4.78 is 5.52. The van der Waals surface area contributed by atoms with Crippen molar-refractivity contribution in [1.82, 2.24) is 10.6 Å². The molecule has 0 aromatic rings. The second kappa shape index (κ2) is 7.20. The predicted molar refractivity (Wildman–Crippen MR) is 87.8 cm³/mol. The van der Waals surface area contributed by atoms with E-state index in [1.54, 1.807) is 0 Å². The second-order valence-electron chi connectivity index (χ2n) is 7.90. The molecule has 4 bridgehead atoms. The summed E-state index contributed by atoms with van der Waals surface area (Å²) in [4.78, 5) is 12.2. The first kappa shape index (κ1) is 16.1. The Hall–Kier alpha value is -0.770. The largest absolute Gasteiger partial charge is 0.381 e. The molecule has 0 spiro atoms. The second-order valence-corrected chi connectivity index (χ2v) is 7.90. The molecule has 4 aliphatic carbocycles. The van der Waals surface area contributed by atoms with Crippen molar-refractivity contribution in [3.05, 3.63) is 0 Å². The van der Waals surface area contributed by atoms with Crippen molar-refractivity contribution in [2.45, 2.75) is 70.3 Å². The van der Waals surface area contributed by atoms with Crippen molar-refractivity contribution in [2.24, 2.45) is 17.8 Å². The van der Waals surface area contributed by atoms with Crippen LogP contribution in [0.15, 0.2) is 0 Å². The zero-order chi connectivity index (χ0) is 15.4. The van der Waals surface area contributed by atoms with Crippen LogP contribution < -0.4 is 10.6 Å². The van der Waals surface area contributed by atoms with Gasteiger partial charge in [-0.25, -0.2) is 4.79 Å². The number of nitrogens with one attached hydrogen (secondary N) is 2. The highest BCUT2D eigenvalue weighted by atomic mass is 16.5. The quantitative estimate of drug-likeness (QED) is 0.675. The summed E-state index contributed by atoms with van der Waals surface area (Å²) in [6, 6.07) is 0.0375. The van der Waals surface area contributed by atoms with Crippen molar-refractivity contribution in [1.29, 1.82) is 0 Å². The molecule has 0 saturated heterocycles. The van der Waals surface area contributed by atoms with Crippen molar-refractivity contribution < 1.29 is 9.53 Å². The molecule has 0 aromatic carbocycles. The topological polar surface area (TPSA) is 50.4 Å². The van der Waals surface area contributed by atoms with E-state index in [0.717, 1.165) is 43.8 Å². The highest BCUT2D eigenvalue weighted by Crippen LogP contribution is 2.55. The molecule has 4 fully saturated rings. The fraction of sp³-hybridized carbons (Fsp3) is 0.944. The third kappa shape index (κ3) is 3.95. The molecule has 4 nitrogen and oxygen atoms in total. The molecule has 22 heavy (non-hydrogen) atoms. The van der Waals surface area contributed by atoms with E-state index >= 15 is 0 Å². The summed E-state index contributed by atoms with van der Waals surface area (Å²) >= 11 is 0. The van der Waals surface area contributed by atoms with Gasteiger partial charge in [0, 0.05) is 25.3 Å². The minimum atomic E-state index is 0.0375. The highest BCUT2D eigenvalue weighted by molar-refractivity contribution is 5.74. The van der Waals surface area contributed by atoms with Crippen LogP contribution in [0.5, 0.6) is 0 Å². The summed E-state index contributed by atoms with van der Waals surface area (Å²) in [5, 5.41) is 6.36. The van der Waals surface area contributed by atoms with Gasteiger partial charge < -0.3 is 15.4 Å². The van der Waals surface area contributed by atoms with Gasteiger partial charge >= 0.3 is 6.03 Å². The first-order valence-electron chi connectivity index (χ1n) is 9.33. The summed E-state index contributed by atoms with van der Waals surface area (Å²) in [5.41, 5.74) is 0.121. The molecule has 0 aromatic heterocycles. The molecular weight excluding hydrogens is 276 g/mol. The van der Waals surface area contributed by atoms with Crippen LogP contribution in [-0.4, -0.2) is 31.3 Å². The molecule has 4 saturated carbocycles. The van der Waals surface area contributed by atoms with Gasteiger partial charge in [0.05, 0.1) is 0 Å². The normalized spacial score (nSPS) is 35.6. The smallest absolute Gasteiger partial charge is 0.315 e. The zero-order valence-corrected chi connectivity index (χ0v) is 14.0. The predicted octanol–water partition coefficient (Wildman–Crippen LogP) is 3.46. The third-order valence-corrected chi connectivity index (χ3v) is 5.81. The van der Waals surface area contributed by atoms with E-state index in [-0.39, 0.29) is 11.6 Å². The van der Waals surface area contributed by atoms with Crippen molar-refractivity contribution in [3.63, 3.8) is 0 Å². The van der Waals surface area contributed by atoms with Crippen LogP contribution in [0.25, 0.3) is 0 Å². The third-order valence-electron chi connectivity index (χ3n) is 5.81. The van der Waals surface area contributed by atoms with Crippen LogP contribution in [0, 0.1) is 17.8 Å². The number of unbranched alkanes of at least 4 members (excludes halogenated alkanes) is 1. The van der Waals surface area contributed by atoms with E-state index in [1.165, 1.54) is 44.9 Å². The van der Waals surface area contributed by atoms with E-state index in [9.17, 15) is 4.79 Å².